The van der Waals surface area contributed by atoms with Gasteiger partial charge in [0.1, 0.15) is 24.8 Å². The van der Waals surface area contributed by atoms with Crippen molar-refractivity contribution in [2.75, 3.05) is 40.0 Å². The second-order valence-corrected chi connectivity index (χ2v) is 30.9. The van der Waals surface area contributed by atoms with Crippen LogP contribution < -0.4 is 9.47 Å². The van der Waals surface area contributed by atoms with E-state index < -0.39 is 82.9 Å². The van der Waals surface area contributed by atoms with E-state index in [9.17, 15) is 96.2 Å². The van der Waals surface area contributed by atoms with E-state index in [1.54, 1.807) is 101 Å². The maximum atomic E-state index is 11.7. The van der Waals surface area contributed by atoms with Crippen LogP contribution in [0.2, 0.25) is 0 Å². The normalized spacial score (nSPS) is 17.4. The van der Waals surface area contributed by atoms with Crippen LogP contribution in [0.1, 0.15) is 253 Å². The number of aliphatic carboxylic acids is 7. The second kappa shape index (κ2) is 73.9. The minimum absolute atomic E-state index is 0.0178. The van der Waals surface area contributed by atoms with E-state index in [-0.39, 0.29) is 190 Å². The van der Waals surface area contributed by atoms with Crippen molar-refractivity contribution in [3.63, 3.8) is 0 Å². The van der Waals surface area contributed by atoms with E-state index in [0.717, 1.165) is 30.6 Å². The molecule has 0 spiro atoms. The molecule has 8 atom stereocenters. The first-order chi connectivity index (χ1) is 68.4. The molecule has 3 aromatic carbocycles. The number of ether oxygens (including phenoxy) is 6. The van der Waals surface area contributed by atoms with Crippen LogP contribution in [-0.2, 0) is 86.1 Å². The monoisotopic (exact) mass is 2010 g/mol. The van der Waals surface area contributed by atoms with E-state index in [2.05, 4.69) is 35.5 Å². The lowest BCUT2D eigenvalue weighted by atomic mass is 9.81. The molecule has 1 aliphatic heterocycles. The summed E-state index contributed by atoms with van der Waals surface area (Å²) in [5.41, 5.74) is 3.47. The van der Waals surface area contributed by atoms with Crippen molar-refractivity contribution in [2.24, 2.45) is 47.3 Å². The third-order valence-electron chi connectivity index (χ3n) is 20.7. The highest BCUT2D eigenvalue weighted by Gasteiger charge is 2.51. The Morgan fingerprint density at radius 1 is 0.400 bits per heavy atom. The molecule has 34 nitrogen and oxygen atoms in total. The topological polar surface area (TPSA) is 562 Å². The number of carbonyl (C=O) groups excluding carboxylic acids is 10. The lowest BCUT2D eigenvalue weighted by molar-refractivity contribution is -0.147. The Bertz CT molecular complexity index is 5380. The van der Waals surface area contributed by atoms with Crippen LogP contribution in [0.15, 0.2) is 197 Å². The van der Waals surface area contributed by atoms with E-state index >= 15 is 0 Å². The number of aromatic carboxylic acids is 2. The van der Waals surface area contributed by atoms with Crippen molar-refractivity contribution >= 4 is 112 Å². The van der Waals surface area contributed by atoms with Gasteiger partial charge in [-0.2, -0.15) is 0 Å². The largest absolute Gasteiger partial charge is 0.482 e. The minimum Gasteiger partial charge on any atom is -0.482 e. The highest BCUT2D eigenvalue weighted by atomic mass is 16.7. The average molecular weight is 2010 g/mol. The van der Waals surface area contributed by atoms with Crippen molar-refractivity contribution < 1.29 is 165 Å². The first-order valence-electron chi connectivity index (χ1n) is 45.4. The molecular weight excluding hydrogens is 1880 g/mol. The van der Waals surface area contributed by atoms with Crippen LogP contribution in [0, 0.1) is 95.7 Å². The van der Waals surface area contributed by atoms with Gasteiger partial charge in [-0.25, -0.2) is 33.6 Å². The number of benzene rings is 3. The van der Waals surface area contributed by atoms with Crippen LogP contribution in [-0.4, -0.2) is 198 Å². The summed E-state index contributed by atoms with van der Waals surface area (Å²) in [4.78, 5) is 208. The predicted molar refractivity (Wildman–Crippen MR) is 541 cm³/mol. The number of allylic oxidation sites excluding steroid dienone is 15. The van der Waals surface area contributed by atoms with Gasteiger partial charge < -0.3 is 74.4 Å². The smallest absolute Gasteiger partial charge is 0.375 e. The van der Waals surface area contributed by atoms with Gasteiger partial charge in [0.05, 0.1) is 41.7 Å². The molecule has 0 radical (unpaired) electrons. The van der Waals surface area contributed by atoms with Gasteiger partial charge in [-0.3, -0.25) is 57.5 Å². The standard InChI is InChI=1S/C19H24O7.C13H18O3.C13H14O3.C11H8O3.2C10H12O3.C10H8O.C9H10O5.C9H14O3.C5H6O3.C2H6/c1-4-6-8-23-12-25-17-10-15(14(3)20)16(19(21)22)11-18(17)26-13-24-9-7-5-2;2*1-4-6-8-11(10(3)14)12(13(15)16)9-7-5-2;1-3-8-4-5-9(7(2)12)10(6-8)11(13)14;2*1-5(11)8-6-2-3-7(4-6)9(8)10(12)13;1-3-9-4-6-10(7-5-9)8(2)11;1-6(10)7-8(9(11)12)14-5-3-2-4-13-7;1-4-7(6(3)10)8(5-2)9(11)12;1-4(6)2-3-5(7)8;1-2/h4-7,10-11H,8-9,12-13H2,1-3H3,(H,21,22);4-7H,8-9H2,1-3H3,(H,15,16);8-9H2,1-3H3,(H,15,16);1,4-6H,2H3,(H,13,14);2*2-3,6-9H,4H2,1H3,(H,12,13);1,4-7H,2H3;2-3H,4-5H2,1H3,(H,11,12);4-5H2,1-3H3,(H,11,12);2-3H,1H3,(H,7,8);1-2H3/b;6-4?,7-5?,12-11-;12-11-;;;;;3-2-,8-7-;8-7-;3-2-;. The average Bonchev–Trinajstić information content (AvgIpc) is 1.62. The summed E-state index contributed by atoms with van der Waals surface area (Å²) in [6.07, 6.45) is 41.1. The molecule has 8 rings (SSSR count). The van der Waals surface area contributed by atoms with E-state index in [1.165, 1.54) is 93.5 Å². The quantitative estimate of drug-likeness (QED) is 0.00646. The van der Waals surface area contributed by atoms with Crippen molar-refractivity contribution in [1.29, 1.82) is 0 Å². The van der Waals surface area contributed by atoms with Gasteiger partial charge >= 0.3 is 53.7 Å². The number of fused-ring (bicyclic) bond motifs is 4. The fourth-order valence-electron chi connectivity index (χ4n) is 13.9. The number of ketones is 10. The first kappa shape index (κ1) is 133. The molecule has 4 bridgehead atoms. The molecule has 5 aliphatic rings. The summed E-state index contributed by atoms with van der Waals surface area (Å²) in [6.45, 7) is 32.8. The molecule has 145 heavy (non-hydrogen) atoms. The van der Waals surface area contributed by atoms with Gasteiger partial charge in [0.25, 0.3) is 5.76 Å². The number of hydrogen-bond acceptors (Lipinski definition) is 25. The molecule has 34 heteroatoms. The van der Waals surface area contributed by atoms with Crippen LogP contribution in [0.3, 0.4) is 0 Å². The van der Waals surface area contributed by atoms with Gasteiger partial charge in [-0.05, 0) is 227 Å². The van der Waals surface area contributed by atoms with Crippen LogP contribution >= 0.6 is 0 Å². The number of rotatable bonds is 37. The van der Waals surface area contributed by atoms with Gasteiger partial charge in [-0.15, -0.1) is 24.7 Å². The maximum absolute atomic E-state index is 11.7. The summed E-state index contributed by atoms with van der Waals surface area (Å²) in [6, 6.07) is 13.9. The molecule has 3 aromatic rings. The highest BCUT2D eigenvalue weighted by Crippen LogP contribution is 2.49. The molecule has 0 saturated heterocycles. The molecule has 2 saturated carbocycles. The molecule has 2 fully saturated rings. The number of hydrogen-bond donors (Lipinski definition) is 9. The third kappa shape index (κ3) is 50.2. The molecule has 1 heterocycles. The zero-order chi connectivity index (χ0) is 111. The molecule has 0 aromatic heterocycles. The Morgan fingerprint density at radius 2 is 0.772 bits per heavy atom. The SMILES string of the molecule is C#Cc1ccc(C(C)=O)c(C(=O)O)c1.C#Cc1ccc(C(C)=O)cc1.CC.CC#CC/C(C(C)=O)=C(\CC#CC)C(=O)O.CC(=O)/C1=C(\C(=O)O)OC/C=C\CO1.CC(=O)/C=C\C(=O)O.CC(=O)C1C2C=CC(C2)C1C(=O)O.CC(=O)C1C2C=CC(C2)C1C(=O)O.CC/C(C(C)=O)=C(\CC)C(=O)O.CC=CC/C(C(C)=O)=C(\CC=CC)C(=O)O.CC=CCOCOc1cc(C(C)=O)c(C(=O)O)cc1OCOCC=CC. The van der Waals surface area contributed by atoms with Crippen molar-refractivity contribution in [1.82, 2.24) is 0 Å². The summed E-state index contributed by atoms with van der Waals surface area (Å²) >= 11 is 0. The van der Waals surface area contributed by atoms with Gasteiger partial charge in [0, 0.05) is 93.4 Å². The minimum atomic E-state index is -1.30. The fraction of sp³-hybridized carbons (Fsp3) is 0.378. The Hall–Kier alpha value is -16.2. The first-order valence-corrected chi connectivity index (χ1v) is 45.4. The van der Waals surface area contributed by atoms with Crippen LogP contribution in [0.5, 0.6) is 11.5 Å². The third-order valence-corrected chi connectivity index (χ3v) is 20.7. The Labute approximate surface area is 845 Å². The summed E-state index contributed by atoms with van der Waals surface area (Å²) in [5.74, 6) is 2.76. The van der Waals surface area contributed by atoms with E-state index in [4.69, 9.17) is 82.1 Å². The van der Waals surface area contributed by atoms with Gasteiger partial charge in [-0.1, -0.05) is 136 Å². The number of carboxylic acid groups (broad SMARTS) is 9. The number of carbonyl (C=O) groups is 19. The van der Waals surface area contributed by atoms with E-state index in [1.807, 2.05) is 84.1 Å². The fourth-order valence-corrected chi connectivity index (χ4v) is 13.9. The highest BCUT2D eigenvalue weighted by molar-refractivity contribution is 6.08. The van der Waals surface area contributed by atoms with Crippen molar-refractivity contribution in [2.45, 2.75) is 190 Å². The molecule has 4 aliphatic carbocycles. The van der Waals surface area contributed by atoms with Gasteiger partial charge in [0.2, 0.25) is 5.76 Å². The Kier molecular flexibility index (Phi) is 67.7. The summed E-state index contributed by atoms with van der Waals surface area (Å²) < 4.78 is 31.3. The zero-order valence-electron chi connectivity index (χ0n) is 85.3. The second-order valence-electron chi connectivity index (χ2n) is 30.9. The Morgan fingerprint density at radius 3 is 1.07 bits per heavy atom. The molecule has 8 unspecified atom stereocenters. The number of Topliss-reactive ketones (excluding diaryl/α,β-unsaturated/α-hetero) is 9. The van der Waals surface area contributed by atoms with Crippen molar-refractivity contribution in [3.05, 3.63) is 236 Å². The number of carboxylic acids is 9. The maximum Gasteiger partial charge on any atom is 0.375 e. The Balaban J connectivity index is -0.00000156. The molecule has 0 amide bonds. The lowest BCUT2D eigenvalue weighted by Crippen LogP contribution is -2.31. The van der Waals surface area contributed by atoms with Crippen molar-refractivity contribution in [3.8, 4) is 59.9 Å². The zero-order valence-corrected chi connectivity index (χ0v) is 85.3. The lowest BCUT2D eigenvalue weighted by Gasteiger charge is -2.21. The van der Waals surface area contributed by atoms with E-state index in [0.29, 0.717) is 54.7 Å². The molecule has 9 N–H and O–H groups in total. The summed E-state index contributed by atoms with van der Waals surface area (Å²) in [5, 5.41) is 79.5. The summed E-state index contributed by atoms with van der Waals surface area (Å²) in [7, 11) is 0. The van der Waals surface area contributed by atoms with Crippen LogP contribution in [0.25, 0.3) is 0 Å². The van der Waals surface area contributed by atoms with Gasteiger partial charge in [0.15, 0.2) is 71.4 Å². The number of terminal acetylenes is 2. The van der Waals surface area contributed by atoms with Crippen LogP contribution in [0.4, 0.5) is 0 Å². The molecular formula is C111H132O34. The predicted octanol–water partition coefficient (Wildman–Crippen LogP) is 17.2. The molecule has 780 valence electrons.